The maximum Gasteiger partial charge on any atom is 0.164 e. The first-order valence-corrected chi connectivity index (χ1v) is 6.00. The summed E-state index contributed by atoms with van der Waals surface area (Å²) in [6.45, 7) is 9.13. The molecular weight excluding hydrogens is 198 g/mol. The summed E-state index contributed by atoms with van der Waals surface area (Å²) in [4.78, 5) is 14.2. The standard InChI is InChI=1S/C14H21NO/c1-4-15(5-2)11-10-14(16)13-9-7-6-8-12(13)3/h6-9H,4-5,10-11H2,1-3H3. The Balaban J connectivity index is 2.56. The molecular formula is C14H21NO. The Labute approximate surface area is 98.3 Å². The number of hydrogen-bond donors (Lipinski definition) is 0. The van der Waals surface area contributed by atoms with Gasteiger partial charge in [0.2, 0.25) is 0 Å². The van der Waals surface area contributed by atoms with Crippen LogP contribution in [0.4, 0.5) is 0 Å². The molecule has 0 aromatic heterocycles. The molecule has 0 fully saturated rings. The molecule has 0 bridgehead atoms. The average molecular weight is 219 g/mol. The molecule has 0 amide bonds. The molecule has 2 nitrogen and oxygen atoms in total. The minimum absolute atomic E-state index is 0.255. The summed E-state index contributed by atoms with van der Waals surface area (Å²) in [5.41, 5.74) is 1.95. The molecule has 0 aliphatic carbocycles. The minimum Gasteiger partial charge on any atom is -0.303 e. The van der Waals surface area contributed by atoms with E-state index >= 15 is 0 Å². The van der Waals surface area contributed by atoms with E-state index in [0.717, 1.165) is 30.8 Å². The highest BCUT2D eigenvalue weighted by molar-refractivity contribution is 5.97. The van der Waals surface area contributed by atoms with Crippen LogP contribution in [0.25, 0.3) is 0 Å². The quantitative estimate of drug-likeness (QED) is 0.686. The number of carbonyl (C=O) groups is 1. The van der Waals surface area contributed by atoms with E-state index in [9.17, 15) is 4.79 Å². The van der Waals surface area contributed by atoms with E-state index in [0.29, 0.717) is 6.42 Å². The lowest BCUT2D eigenvalue weighted by Gasteiger charge is -2.17. The zero-order chi connectivity index (χ0) is 12.0. The number of aryl methyl sites for hydroxylation is 1. The average Bonchev–Trinajstić information content (AvgIpc) is 2.30. The van der Waals surface area contributed by atoms with Gasteiger partial charge in [-0.1, -0.05) is 38.1 Å². The van der Waals surface area contributed by atoms with Crippen molar-refractivity contribution < 1.29 is 4.79 Å². The second-order valence-electron chi connectivity index (χ2n) is 4.01. The van der Waals surface area contributed by atoms with E-state index in [2.05, 4.69) is 18.7 Å². The van der Waals surface area contributed by atoms with Gasteiger partial charge in [0, 0.05) is 18.5 Å². The van der Waals surface area contributed by atoms with Gasteiger partial charge in [0.15, 0.2) is 5.78 Å². The van der Waals surface area contributed by atoms with Gasteiger partial charge in [0.1, 0.15) is 0 Å². The Bertz CT molecular complexity index is 342. The summed E-state index contributed by atoms with van der Waals surface area (Å²) in [5.74, 6) is 0.255. The molecule has 0 aliphatic heterocycles. The molecule has 88 valence electrons. The van der Waals surface area contributed by atoms with E-state index in [1.54, 1.807) is 0 Å². The molecule has 0 N–H and O–H groups in total. The van der Waals surface area contributed by atoms with Gasteiger partial charge in [0.25, 0.3) is 0 Å². The van der Waals surface area contributed by atoms with Gasteiger partial charge in [-0.2, -0.15) is 0 Å². The highest BCUT2D eigenvalue weighted by Crippen LogP contribution is 2.10. The third-order valence-corrected chi connectivity index (χ3v) is 2.99. The fraction of sp³-hybridized carbons (Fsp3) is 0.500. The Morgan fingerprint density at radius 2 is 1.81 bits per heavy atom. The van der Waals surface area contributed by atoms with Crippen LogP contribution in [0.3, 0.4) is 0 Å². The second-order valence-corrected chi connectivity index (χ2v) is 4.01. The molecule has 0 saturated carbocycles. The van der Waals surface area contributed by atoms with Crippen molar-refractivity contribution in [3.8, 4) is 0 Å². The minimum atomic E-state index is 0.255. The van der Waals surface area contributed by atoms with E-state index in [4.69, 9.17) is 0 Å². The molecule has 0 radical (unpaired) electrons. The Morgan fingerprint density at radius 3 is 2.38 bits per heavy atom. The second kappa shape index (κ2) is 6.44. The highest BCUT2D eigenvalue weighted by atomic mass is 16.1. The molecule has 0 spiro atoms. The van der Waals surface area contributed by atoms with Crippen LogP contribution in [-0.2, 0) is 0 Å². The van der Waals surface area contributed by atoms with Crippen molar-refractivity contribution in [2.75, 3.05) is 19.6 Å². The molecule has 16 heavy (non-hydrogen) atoms. The number of ketones is 1. The predicted molar refractivity (Wildman–Crippen MR) is 67.9 cm³/mol. The van der Waals surface area contributed by atoms with E-state index < -0.39 is 0 Å². The van der Waals surface area contributed by atoms with E-state index in [1.807, 2.05) is 31.2 Å². The SMILES string of the molecule is CCN(CC)CCC(=O)c1ccccc1C. The van der Waals surface area contributed by atoms with Crippen molar-refractivity contribution in [1.29, 1.82) is 0 Å². The number of rotatable bonds is 6. The fourth-order valence-corrected chi connectivity index (χ4v) is 1.82. The molecule has 1 aromatic carbocycles. The summed E-state index contributed by atoms with van der Waals surface area (Å²) >= 11 is 0. The topological polar surface area (TPSA) is 20.3 Å². The zero-order valence-corrected chi connectivity index (χ0v) is 10.5. The van der Waals surface area contributed by atoms with Crippen molar-refractivity contribution in [2.24, 2.45) is 0 Å². The van der Waals surface area contributed by atoms with E-state index in [1.165, 1.54) is 0 Å². The predicted octanol–water partition coefficient (Wildman–Crippen LogP) is 2.91. The Kier molecular flexibility index (Phi) is 5.20. The number of hydrogen-bond acceptors (Lipinski definition) is 2. The Morgan fingerprint density at radius 1 is 1.19 bits per heavy atom. The largest absolute Gasteiger partial charge is 0.303 e. The molecule has 0 unspecified atom stereocenters. The first kappa shape index (κ1) is 12.9. The van der Waals surface area contributed by atoms with Crippen LogP contribution in [0.1, 0.15) is 36.2 Å². The van der Waals surface area contributed by atoms with Gasteiger partial charge in [-0.15, -0.1) is 0 Å². The smallest absolute Gasteiger partial charge is 0.164 e. The number of carbonyl (C=O) groups excluding carboxylic acids is 1. The Hall–Kier alpha value is -1.15. The van der Waals surface area contributed by atoms with Crippen LogP contribution >= 0.6 is 0 Å². The normalized spacial score (nSPS) is 10.8. The van der Waals surface area contributed by atoms with Gasteiger partial charge in [-0.3, -0.25) is 4.79 Å². The van der Waals surface area contributed by atoms with Crippen LogP contribution in [0.2, 0.25) is 0 Å². The van der Waals surface area contributed by atoms with Crippen LogP contribution in [0, 0.1) is 6.92 Å². The fourth-order valence-electron chi connectivity index (χ4n) is 1.82. The maximum atomic E-state index is 12.0. The molecule has 0 aliphatic rings. The summed E-state index contributed by atoms with van der Waals surface area (Å²) < 4.78 is 0. The molecule has 1 rings (SSSR count). The molecule has 0 heterocycles. The van der Waals surface area contributed by atoms with Crippen molar-refractivity contribution in [1.82, 2.24) is 4.90 Å². The zero-order valence-electron chi connectivity index (χ0n) is 10.5. The molecule has 2 heteroatoms. The number of benzene rings is 1. The highest BCUT2D eigenvalue weighted by Gasteiger charge is 2.09. The van der Waals surface area contributed by atoms with Crippen LogP contribution in [-0.4, -0.2) is 30.3 Å². The molecule has 0 atom stereocenters. The van der Waals surface area contributed by atoms with Crippen LogP contribution in [0.5, 0.6) is 0 Å². The van der Waals surface area contributed by atoms with Gasteiger partial charge >= 0.3 is 0 Å². The summed E-state index contributed by atoms with van der Waals surface area (Å²) in [5, 5.41) is 0. The monoisotopic (exact) mass is 219 g/mol. The van der Waals surface area contributed by atoms with Gasteiger partial charge < -0.3 is 4.90 Å². The van der Waals surface area contributed by atoms with Crippen LogP contribution < -0.4 is 0 Å². The summed E-state index contributed by atoms with van der Waals surface area (Å²) in [6, 6.07) is 7.80. The number of nitrogens with zero attached hydrogens (tertiary/aromatic N) is 1. The van der Waals surface area contributed by atoms with Crippen LogP contribution in [0.15, 0.2) is 24.3 Å². The summed E-state index contributed by atoms with van der Waals surface area (Å²) in [7, 11) is 0. The maximum absolute atomic E-state index is 12.0. The molecule has 1 aromatic rings. The number of Topliss-reactive ketones (excluding diaryl/α,β-unsaturated/α-hetero) is 1. The lowest BCUT2D eigenvalue weighted by atomic mass is 10.0. The van der Waals surface area contributed by atoms with Crippen molar-refractivity contribution in [2.45, 2.75) is 27.2 Å². The first-order chi connectivity index (χ1) is 7.69. The van der Waals surface area contributed by atoms with Gasteiger partial charge in [0.05, 0.1) is 0 Å². The third kappa shape index (κ3) is 3.46. The lowest BCUT2D eigenvalue weighted by Crippen LogP contribution is -2.25. The lowest BCUT2D eigenvalue weighted by molar-refractivity contribution is 0.0966. The van der Waals surface area contributed by atoms with Crippen molar-refractivity contribution in [3.05, 3.63) is 35.4 Å². The van der Waals surface area contributed by atoms with Crippen molar-refractivity contribution in [3.63, 3.8) is 0 Å². The van der Waals surface area contributed by atoms with Crippen molar-refractivity contribution >= 4 is 5.78 Å². The van der Waals surface area contributed by atoms with Gasteiger partial charge in [-0.25, -0.2) is 0 Å². The first-order valence-electron chi connectivity index (χ1n) is 6.00. The van der Waals surface area contributed by atoms with Gasteiger partial charge in [-0.05, 0) is 25.6 Å². The summed E-state index contributed by atoms with van der Waals surface area (Å²) in [6.07, 6.45) is 0.618. The third-order valence-electron chi connectivity index (χ3n) is 2.99. The van der Waals surface area contributed by atoms with E-state index in [-0.39, 0.29) is 5.78 Å². The molecule has 0 saturated heterocycles.